The quantitative estimate of drug-likeness (QED) is 0.863. The molecular formula is C21H29N3O2. The summed E-state index contributed by atoms with van der Waals surface area (Å²) in [4.78, 5) is 28.0. The second kappa shape index (κ2) is 7.14. The molecular weight excluding hydrogens is 326 g/mol. The first-order chi connectivity index (χ1) is 12.4. The van der Waals surface area contributed by atoms with Gasteiger partial charge in [0, 0.05) is 24.0 Å². The van der Waals surface area contributed by atoms with E-state index in [9.17, 15) is 9.59 Å². The number of carbonyl (C=O) groups excluding carboxylic acids is 2. The van der Waals surface area contributed by atoms with Crippen LogP contribution in [0.2, 0.25) is 0 Å². The molecule has 1 aromatic heterocycles. The van der Waals surface area contributed by atoms with Gasteiger partial charge in [-0.05, 0) is 37.8 Å². The highest BCUT2D eigenvalue weighted by atomic mass is 16.2. The first-order valence-electron chi connectivity index (χ1n) is 9.57. The SMILES string of the molecule is CCCN1C(=O)c2cc3ccccc3n2C[C@@]1(C)C(=O)NCCC(C)C. The van der Waals surface area contributed by atoms with Crippen LogP contribution >= 0.6 is 0 Å². The maximum absolute atomic E-state index is 13.2. The zero-order valence-electron chi connectivity index (χ0n) is 16.2. The van der Waals surface area contributed by atoms with Crippen LogP contribution in [0.3, 0.4) is 0 Å². The number of para-hydroxylation sites is 1. The average Bonchev–Trinajstić information content (AvgIpc) is 2.97. The highest BCUT2D eigenvalue weighted by Gasteiger charge is 2.47. The van der Waals surface area contributed by atoms with Gasteiger partial charge >= 0.3 is 0 Å². The van der Waals surface area contributed by atoms with Crippen molar-refractivity contribution in [1.82, 2.24) is 14.8 Å². The molecule has 0 bridgehead atoms. The van der Waals surface area contributed by atoms with Gasteiger partial charge in [-0.3, -0.25) is 9.59 Å². The first-order valence-corrected chi connectivity index (χ1v) is 9.57. The van der Waals surface area contributed by atoms with Crippen molar-refractivity contribution < 1.29 is 9.59 Å². The molecule has 2 aromatic rings. The Balaban J connectivity index is 1.98. The number of benzene rings is 1. The number of hydrogen-bond acceptors (Lipinski definition) is 2. The van der Waals surface area contributed by atoms with Gasteiger partial charge in [-0.1, -0.05) is 39.0 Å². The van der Waals surface area contributed by atoms with Crippen molar-refractivity contribution in [3.8, 4) is 0 Å². The van der Waals surface area contributed by atoms with Gasteiger partial charge < -0.3 is 14.8 Å². The Morgan fingerprint density at radius 1 is 1.31 bits per heavy atom. The van der Waals surface area contributed by atoms with Crippen LogP contribution in [0.4, 0.5) is 0 Å². The molecule has 1 atom stereocenters. The lowest BCUT2D eigenvalue weighted by molar-refractivity contribution is -0.132. The number of nitrogens with zero attached hydrogens (tertiary/aromatic N) is 2. The molecule has 2 heterocycles. The Labute approximate surface area is 155 Å². The molecule has 0 fully saturated rings. The molecule has 5 heteroatoms. The molecule has 1 aromatic carbocycles. The largest absolute Gasteiger partial charge is 0.354 e. The number of rotatable bonds is 6. The van der Waals surface area contributed by atoms with Crippen LogP contribution in [0.5, 0.6) is 0 Å². The molecule has 0 saturated carbocycles. The Kier molecular flexibility index (Phi) is 5.08. The number of nitrogens with one attached hydrogen (secondary N) is 1. The van der Waals surface area contributed by atoms with E-state index in [-0.39, 0.29) is 11.8 Å². The summed E-state index contributed by atoms with van der Waals surface area (Å²) in [6, 6.07) is 9.91. The minimum Gasteiger partial charge on any atom is -0.354 e. The third-order valence-corrected chi connectivity index (χ3v) is 5.28. The zero-order valence-corrected chi connectivity index (χ0v) is 16.2. The molecule has 140 valence electrons. The predicted molar refractivity (Wildman–Crippen MR) is 104 cm³/mol. The molecule has 1 aliphatic heterocycles. The van der Waals surface area contributed by atoms with Crippen LogP contribution in [-0.2, 0) is 11.3 Å². The standard InChI is InChI=1S/C21H29N3O2/c1-5-12-24-19(25)18-13-16-8-6-7-9-17(16)23(18)14-21(24,4)20(26)22-11-10-15(2)3/h6-9,13,15H,5,10-12,14H2,1-4H3,(H,22,26)/t21-/m0/s1. The molecule has 2 amide bonds. The molecule has 0 radical (unpaired) electrons. The summed E-state index contributed by atoms with van der Waals surface area (Å²) in [6.07, 6.45) is 1.75. The highest BCUT2D eigenvalue weighted by molar-refractivity contribution is 6.03. The van der Waals surface area contributed by atoms with E-state index >= 15 is 0 Å². The normalized spacial score (nSPS) is 19.9. The fourth-order valence-electron chi connectivity index (χ4n) is 3.74. The van der Waals surface area contributed by atoms with Crippen molar-refractivity contribution >= 4 is 22.7 Å². The van der Waals surface area contributed by atoms with Gasteiger partial charge in [-0.15, -0.1) is 0 Å². The van der Waals surface area contributed by atoms with E-state index in [1.165, 1.54) is 0 Å². The molecule has 0 saturated heterocycles. The first kappa shape index (κ1) is 18.5. The van der Waals surface area contributed by atoms with E-state index in [4.69, 9.17) is 0 Å². The smallest absolute Gasteiger partial charge is 0.271 e. The number of amides is 2. The lowest BCUT2D eigenvalue weighted by Gasteiger charge is -2.44. The molecule has 3 rings (SSSR count). The maximum atomic E-state index is 13.2. The maximum Gasteiger partial charge on any atom is 0.271 e. The lowest BCUT2D eigenvalue weighted by Crippen LogP contribution is -2.64. The van der Waals surface area contributed by atoms with Crippen molar-refractivity contribution in [2.24, 2.45) is 5.92 Å². The van der Waals surface area contributed by atoms with Gasteiger partial charge in [0.1, 0.15) is 11.2 Å². The van der Waals surface area contributed by atoms with Gasteiger partial charge in [-0.25, -0.2) is 0 Å². The molecule has 5 nitrogen and oxygen atoms in total. The van der Waals surface area contributed by atoms with Crippen molar-refractivity contribution in [3.63, 3.8) is 0 Å². The van der Waals surface area contributed by atoms with Crippen LogP contribution in [0.1, 0.15) is 51.0 Å². The Morgan fingerprint density at radius 3 is 2.73 bits per heavy atom. The summed E-state index contributed by atoms with van der Waals surface area (Å²) >= 11 is 0. The Hall–Kier alpha value is -2.30. The second-order valence-corrected chi connectivity index (χ2v) is 7.84. The summed E-state index contributed by atoms with van der Waals surface area (Å²) < 4.78 is 2.01. The van der Waals surface area contributed by atoms with E-state index in [2.05, 4.69) is 19.2 Å². The molecule has 26 heavy (non-hydrogen) atoms. The zero-order chi connectivity index (χ0) is 18.9. The van der Waals surface area contributed by atoms with Gasteiger partial charge in [0.05, 0.1) is 6.54 Å². The summed E-state index contributed by atoms with van der Waals surface area (Å²) in [5.41, 5.74) is 0.805. The fraction of sp³-hybridized carbons (Fsp3) is 0.524. The van der Waals surface area contributed by atoms with Crippen molar-refractivity contribution in [2.75, 3.05) is 13.1 Å². The number of carbonyl (C=O) groups is 2. The van der Waals surface area contributed by atoms with Gasteiger partial charge in [0.15, 0.2) is 0 Å². The Bertz CT molecular complexity index is 824. The van der Waals surface area contributed by atoms with E-state index < -0.39 is 5.54 Å². The van der Waals surface area contributed by atoms with Gasteiger partial charge in [0.2, 0.25) is 5.91 Å². The van der Waals surface area contributed by atoms with E-state index in [1.54, 1.807) is 4.90 Å². The van der Waals surface area contributed by atoms with Crippen molar-refractivity contribution in [3.05, 3.63) is 36.0 Å². The van der Waals surface area contributed by atoms with E-state index in [0.717, 1.165) is 23.7 Å². The monoisotopic (exact) mass is 355 g/mol. The number of hydrogen-bond donors (Lipinski definition) is 1. The number of aromatic nitrogens is 1. The van der Waals surface area contributed by atoms with Crippen LogP contribution in [0.25, 0.3) is 10.9 Å². The highest BCUT2D eigenvalue weighted by Crippen LogP contribution is 2.32. The minimum atomic E-state index is -0.876. The molecule has 0 spiro atoms. The van der Waals surface area contributed by atoms with Crippen LogP contribution in [0, 0.1) is 5.92 Å². The lowest BCUT2D eigenvalue weighted by atomic mass is 9.94. The third kappa shape index (κ3) is 3.11. The fourth-order valence-corrected chi connectivity index (χ4v) is 3.74. The van der Waals surface area contributed by atoms with Crippen molar-refractivity contribution in [1.29, 1.82) is 0 Å². The topological polar surface area (TPSA) is 54.3 Å². The van der Waals surface area contributed by atoms with Crippen LogP contribution in [0.15, 0.2) is 30.3 Å². The van der Waals surface area contributed by atoms with E-state index in [1.807, 2.05) is 48.7 Å². The molecule has 0 aliphatic carbocycles. The van der Waals surface area contributed by atoms with Crippen LogP contribution in [-0.4, -0.2) is 39.9 Å². The van der Waals surface area contributed by atoms with Gasteiger partial charge in [0.25, 0.3) is 5.91 Å². The molecule has 0 unspecified atom stereocenters. The third-order valence-electron chi connectivity index (χ3n) is 5.28. The number of fused-ring (bicyclic) bond motifs is 3. The predicted octanol–water partition coefficient (Wildman–Crippen LogP) is 3.43. The van der Waals surface area contributed by atoms with E-state index in [0.29, 0.717) is 31.2 Å². The summed E-state index contributed by atoms with van der Waals surface area (Å²) in [6.45, 7) is 9.90. The minimum absolute atomic E-state index is 0.0594. The second-order valence-electron chi connectivity index (χ2n) is 7.84. The summed E-state index contributed by atoms with van der Waals surface area (Å²) in [5, 5.41) is 4.10. The average molecular weight is 355 g/mol. The van der Waals surface area contributed by atoms with Gasteiger partial charge in [-0.2, -0.15) is 0 Å². The van der Waals surface area contributed by atoms with Crippen LogP contribution < -0.4 is 5.32 Å². The molecule has 1 aliphatic rings. The van der Waals surface area contributed by atoms with Crippen molar-refractivity contribution in [2.45, 2.75) is 52.6 Å². The Morgan fingerprint density at radius 2 is 2.04 bits per heavy atom. The summed E-state index contributed by atoms with van der Waals surface area (Å²) in [5.74, 6) is 0.405. The molecule has 1 N–H and O–H groups in total. The summed E-state index contributed by atoms with van der Waals surface area (Å²) in [7, 11) is 0.